The molecule has 0 spiro atoms. The van der Waals surface area contributed by atoms with Crippen molar-refractivity contribution in [2.45, 2.75) is 32.7 Å². The summed E-state index contributed by atoms with van der Waals surface area (Å²) in [5.41, 5.74) is 1.38. The molecule has 0 saturated heterocycles. The number of carbonyl (C=O) groups is 1. The molecule has 5 heteroatoms. The largest absolute Gasteiger partial charge is 0.476 e. The van der Waals surface area contributed by atoms with Gasteiger partial charge in [0.25, 0.3) is 0 Å². The Balaban J connectivity index is 2.69. The summed E-state index contributed by atoms with van der Waals surface area (Å²) < 4.78 is 0. The van der Waals surface area contributed by atoms with E-state index in [4.69, 9.17) is 0 Å². The molecule has 5 nitrogen and oxygen atoms in total. The predicted octanol–water partition coefficient (Wildman–Crippen LogP) is 2.95. The molecule has 0 radical (unpaired) electrons. The van der Waals surface area contributed by atoms with Crippen LogP contribution in [0.1, 0.15) is 37.2 Å². The lowest BCUT2D eigenvalue weighted by Gasteiger charge is -2.29. The fourth-order valence-electron chi connectivity index (χ4n) is 2.56. The van der Waals surface area contributed by atoms with Crippen molar-refractivity contribution in [3.63, 3.8) is 0 Å². The van der Waals surface area contributed by atoms with E-state index in [1.54, 1.807) is 0 Å². The smallest absolute Gasteiger partial charge is 0.358 e. The van der Waals surface area contributed by atoms with E-state index in [1.807, 2.05) is 36.2 Å². The number of rotatable bonds is 5. The molecule has 0 aliphatic rings. The highest BCUT2D eigenvalue weighted by Crippen LogP contribution is 2.29. The summed E-state index contributed by atoms with van der Waals surface area (Å²) in [4.78, 5) is 13.5. The average molecular weight is 273 g/mol. The molecule has 2 aromatic rings. The van der Waals surface area contributed by atoms with E-state index in [1.165, 1.54) is 0 Å². The minimum atomic E-state index is -1.05. The van der Waals surface area contributed by atoms with Crippen LogP contribution < -0.4 is 4.90 Å². The van der Waals surface area contributed by atoms with E-state index in [-0.39, 0.29) is 11.7 Å². The van der Waals surface area contributed by atoms with Gasteiger partial charge in [-0.1, -0.05) is 32.0 Å². The zero-order valence-electron chi connectivity index (χ0n) is 12.0. The number of benzene rings is 1. The number of carboxylic acid groups (broad SMARTS) is 1. The van der Waals surface area contributed by atoms with E-state index in [0.717, 1.165) is 18.2 Å². The second-order valence-corrected chi connectivity index (χ2v) is 4.80. The summed E-state index contributed by atoms with van der Waals surface area (Å²) in [6.07, 6.45) is 1.89. The Labute approximate surface area is 118 Å². The summed E-state index contributed by atoms with van der Waals surface area (Å²) in [5, 5.41) is 18.1. The van der Waals surface area contributed by atoms with E-state index >= 15 is 0 Å². The van der Waals surface area contributed by atoms with Crippen LogP contribution in [0.15, 0.2) is 24.3 Å². The van der Waals surface area contributed by atoms with Crippen molar-refractivity contribution in [1.29, 1.82) is 0 Å². The summed E-state index contributed by atoms with van der Waals surface area (Å²) in [6.45, 7) is 4.20. The van der Waals surface area contributed by atoms with Crippen molar-refractivity contribution in [3.8, 4) is 0 Å². The molecule has 0 saturated carbocycles. The molecule has 0 atom stereocenters. The monoisotopic (exact) mass is 273 g/mol. The maximum Gasteiger partial charge on any atom is 0.358 e. The molecule has 2 rings (SSSR count). The van der Waals surface area contributed by atoms with Gasteiger partial charge in [-0.2, -0.15) is 0 Å². The van der Waals surface area contributed by atoms with Gasteiger partial charge in [-0.3, -0.25) is 0 Å². The Morgan fingerprint density at radius 1 is 1.25 bits per heavy atom. The Bertz CT molecular complexity index is 624. The van der Waals surface area contributed by atoms with Gasteiger partial charge in [-0.15, -0.1) is 10.2 Å². The number of nitrogens with zero attached hydrogens (tertiary/aromatic N) is 3. The van der Waals surface area contributed by atoms with Gasteiger partial charge >= 0.3 is 5.97 Å². The molecule has 0 unspecified atom stereocenters. The summed E-state index contributed by atoms with van der Waals surface area (Å²) in [7, 11) is 1.92. The normalized spacial score (nSPS) is 11.0. The van der Waals surface area contributed by atoms with Crippen molar-refractivity contribution in [1.82, 2.24) is 10.2 Å². The zero-order valence-corrected chi connectivity index (χ0v) is 12.0. The zero-order chi connectivity index (χ0) is 14.7. The van der Waals surface area contributed by atoms with Crippen LogP contribution in [0.5, 0.6) is 0 Å². The van der Waals surface area contributed by atoms with Gasteiger partial charge in [0.05, 0.1) is 11.2 Å². The number of anilines is 1. The second-order valence-electron chi connectivity index (χ2n) is 4.80. The minimum Gasteiger partial charge on any atom is -0.476 e. The highest BCUT2D eigenvalue weighted by Gasteiger charge is 2.22. The van der Waals surface area contributed by atoms with Gasteiger partial charge in [0.1, 0.15) is 0 Å². The molecule has 0 bridgehead atoms. The van der Waals surface area contributed by atoms with Gasteiger partial charge in [0.2, 0.25) is 0 Å². The summed E-state index contributed by atoms with van der Waals surface area (Å²) >= 11 is 0. The number of fused-ring (bicyclic) bond motifs is 1. The standard InChI is InChI=1S/C15H19N3O2/c1-4-10(5-2)18(3)14-11-8-6-7-9-12(11)16-17-13(14)15(19)20/h6-10H,4-5H2,1-3H3,(H,19,20). The molecule has 20 heavy (non-hydrogen) atoms. The van der Waals surface area contributed by atoms with Crippen LogP contribution in [0.2, 0.25) is 0 Å². The first kappa shape index (κ1) is 14.2. The molecular weight excluding hydrogens is 254 g/mol. The summed E-state index contributed by atoms with van der Waals surface area (Å²) in [6, 6.07) is 7.78. The third-order valence-electron chi connectivity index (χ3n) is 3.69. The fourth-order valence-corrected chi connectivity index (χ4v) is 2.56. The van der Waals surface area contributed by atoms with Crippen molar-refractivity contribution < 1.29 is 9.90 Å². The van der Waals surface area contributed by atoms with Gasteiger partial charge in [0.15, 0.2) is 5.69 Å². The number of aromatic nitrogens is 2. The second kappa shape index (κ2) is 5.86. The lowest BCUT2D eigenvalue weighted by atomic mass is 10.1. The lowest BCUT2D eigenvalue weighted by molar-refractivity contribution is 0.0690. The van der Waals surface area contributed by atoms with Gasteiger partial charge < -0.3 is 10.0 Å². The Kier molecular flexibility index (Phi) is 4.17. The van der Waals surface area contributed by atoms with Gasteiger partial charge in [-0.25, -0.2) is 4.79 Å². The lowest BCUT2D eigenvalue weighted by Crippen LogP contribution is -2.32. The number of carboxylic acids is 1. The minimum absolute atomic E-state index is 0.0121. The van der Waals surface area contributed by atoms with Crippen LogP contribution in [0.4, 0.5) is 5.69 Å². The maximum absolute atomic E-state index is 11.4. The third kappa shape index (κ3) is 2.43. The highest BCUT2D eigenvalue weighted by molar-refractivity contribution is 6.02. The molecule has 0 fully saturated rings. The Morgan fingerprint density at radius 3 is 2.50 bits per heavy atom. The van der Waals surface area contributed by atoms with Crippen molar-refractivity contribution >= 4 is 22.6 Å². The molecular formula is C15H19N3O2. The van der Waals surface area contributed by atoms with E-state index < -0.39 is 5.97 Å². The van der Waals surface area contributed by atoms with Gasteiger partial charge in [-0.05, 0) is 18.9 Å². The highest BCUT2D eigenvalue weighted by atomic mass is 16.4. The van der Waals surface area contributed by atoms with Crippen LogP contribution in [0.25, 0.3) is 10.9 Å². The Hall–Kier alpha value is -2.17. The van der Waals surface area contributed by atoms with E-state index in [0.29, 0.717) is 11.2 Å². The molecule has 1 N–H and O–H groups in total. The van der Waals surface area contributed by atoms with Crippen molar-refractivity contribution in [2.24, 2.45) is 0 Å². The maximum atomic E-state index is 11.4. The first-order chi connectivity index (χ1) is 9.60. The summed E-state index contributed by atoms with van der Waals surface area (Å²) in [5.74, 6) is -1.05. The van der Waals surface area contributed by atoms with Crippen LogP contribution in [0.3, 0.4) is 0 Å². The number of hydrogen-bond donors (Lipinski definition) is 1. The topological polar surface area (TPSA) is 66.3 Å². The van der Waals surface area contributed by atoms with E-state index in [9.17, 15) is 9.90 Å². The molecule has 106 valence electrons. The van der Waals surface area contributed by atoms with Crippen LogP contribution in [0, 0.1) is 0 Å². The van der Waals surface area contributed by atoms with E-state index in [2.05, 4.69) is 24.0 Å². The SMILES string of the molecule is CCC(CC)N(C)c1c(C(=O)O)nnc2ccccc12. The molecule has 1 heterocycles. The van der Waals surface area contributed by atoms with Crippen molar-refractivity contribution in [2.75, 3.05) is 11.9 Å². The first-order valence-electron chi connectivity index (χ1n) is 6.81. The molecule has 0 aliphatic heterocycles. The number of hydrogen-bond acceptors (Lipinski definition) is 4. The average Bonchev–Trinajstić information content (AvgIpc) is 2.46. The quantitative estimate of drug-likeness (QED) is 0.907. The van der Waals surface area contributed by atoms with Crippen LogP contribution in [-0.2, 0) is 0 Å². The van der Waals surface area contributed by atoms with Gasteiger partial charge in [0, 0.05) is 18.5 Å². The molecule has 0 amide bonds. The Morgan fingerprint density at radius 2 is 1.90 bits per heavy atom. The molecule has 0 aliphatic carbocycles. The molecule has 1 aromatic carbocycles. The van der Waals surface area contributed by atoms with Crippen molar-refractivity contribution in [3.05, 3.63) is 30.0 Å². The van der Waals surface area contributed by atoms with Crippen LogP contribution >= 0.6 is 0 Å². The number of aromatic carboxylic acids is 1. The first-order valence-corrected chi connectivity index (χ1v) is 6.81. The third-order valence-corrected chi connectivity index (χ3v) is 3.69. The fraction of sp³-hybridized carbons (Fsp3) is 0.400. The van der Waals surface area contributed by atoms with Crippen LogP contribution in [-0.4, -0.2) is 34.4 Å². The predicted molar refractivity (Wildman–Crippen MR) is 79.3 cm³/mol. The molecule has 1 aromatic heterocycles.